The Kier molecular flexibility index (Phi) is 7.91. The molecule has 2 atom stereocenters. The molecule has 1 aromatic carbocycles. The average molecular weight is 550 g/mol. The van der Waals surface area contributed by atoms with Crippen molar-refractivity contribution in [3.05, 3.63) is 46.6 Å². The number of aliphatic carboxylic acids is 1. The summed E-state index contributed by atoms with van der Waals surface area (Å²) in [4.78, 5) is 55.3. The zero-order valence-corrected chi connectivity index (χ0v) is 21.3. The molecular formula is C21H19N5O7S3. The van der Waals surface area contributed by atoms with Crippen LogP contribution in [0.15, 0.2) is 50.5 Å². The highest BCUT2D eigenvalue weighted by molar-refractivity contribution is 8.01. The molecule has 2 amide bonds. The maximum absolute atomic E-state index is 13.1. The fourth-order valence-corrected chi connectivity index (χ4v) is 6.54. The van der Waals surface area contributed by atoms with Crippen molar-refractivity contribution >= 4 is 64.3 Å². The smallest absolute Gasteiger partial charge is 0.352 e. The number of carboxylic acids is 1. The lowest BCUT2D eigenvalue weighted by atomic mass is 10.0. The fraction of sp³-hybridized carbons (Fsp3) is 0.286. The van der Waals surface area contributed by atoms with Gasteiger partial charge in [0.2, 0.25) is 0 Å². The number of aromatic nitrogens is 2. The average Bonchev–Trinajstić information content (AvgIpc) is 3.37. The van der Waals surface area contributed by atoms with Gasteiger partial charge in [-0.25, -0.2) is 4.79 Å². The third-order valence-corrected chi connectivity index (χ3v) is 8.30. The molecule has 12 nitrogen and oxygen atoms in total. The summed E-state index contributed by atoms with van der Waals surface area (Å²) in [6.07, 6.45) is 0. The maximum atomic E-state index is 13.1. The molecule has 1 fully saturated rings. The van der Waals surface area contributed by atoms with Crippen molar-refractivity contribution in [2.75, 3.05) is 18.6 Å². The molecule has 2 aliphatic rings. The highest BCUT2D eigenvalue weighted by atomic mass is 32.2. The molecule has 0 radical (unpaired) electrons. The largest absolute Gasteiger partial charge is 0.477 e. The summed E-state index contributed by atoms with van der Waals surface area (Å²) in [6, 6.07) is 5.18. The van der Waals surface area contributed by atoms with Gasteiger partial charge >= 0.3 is 11.9 Å². The number of thioether (sulfide) groups is 2. The number of carbonyl (C=O) groups is 4. The van der Waals surface area contributed by atoms with Gasteiger partial charge < -0.3 is 20.0 Å². The summed E-state index contributed by atoms with van der Waals surface area (Å²) in [5.74, 6) is -2.05. The molecule has 2 N–H and O–H groups in total. The van der Waals surface area contributed by atoms with Crippen molar-refractivity contribution in [1.29, 1.82) is 0 Å². The summed E-state index contributed by atoms with van der Waals surface area (Å²) >= 11 is 4.05. The Morgan fingerprint density at radius 3 is 2.83 bits per heavy atom. The van der Waals surface area contributed by atoms with Crippen LogP contribution in [0.4, 0.5) is 0 Å². The van der Waals surface area contributed by atoms with Crippen molar-refractivity contribution < 1.29 is 33.9 Å². The van der Waals surface area contributed by atoms with E-state index < -0.39 is 35.2 Å². The molecule has 15 heteroatoms. The summed E-state index contributed by atoms with van der Waals surface area (Å²) in [5.41, 5.74) is 2.26. The molecule has 2 aliphatic heterocycles. The summed E-state index contributed by atoms with van der Waals surface area (Å²) in [6.45, 7) is 1.25. The molecule has 1 aromatic heterocycles. The van der Waals surface area contributed by atoms with Crippen LogP contribution in [-0.2, 0) is 24.0 Å². The predicted molar refractivity (Wildman–Crippen MR) is 132 cm³/mol. The van der Waals surface area contributed by atoms with E-state index in [0.29, 0.717) is 27.0 Å². The van der Waals surface area contributed by atoms with Crippen LogP contribution in [0.2, 0.25) is 0 Å². The van der Waals surface area contributed by atoms with E-state index in [1.165, 1.54) is 59.9 Å². The SMILES string of the molecule is CON=C(C(=O)NC1C(=O)N2C(C(=O)O)=C(CSc3nncs3)CS[C@@H]12)c1cccc(OC(C)=O)c1. The van der Waals surface area contributed by atoms with Crippen molar-refractivity contribution in [3.63, 3.8) is 0 Å². The normalized spacial score (nSPS) is 19.3. The first-order valence-corrected chi connectivity index (χ1v) is 13.2. The van der Waals surface area contributed by atoms with Gasteiger partial charge in [0.1, 0.15) is 35.5 Å². The minimum atomic E-state index is -1.21. The zero-order valence-electron chi connectivity index (χ0n) is 18.9. The Morgan fingerprint density at radius 2 is 2.17 bits per heavy atom. The lowest BCUT2D eigenvalue weighted by Crippen LogP contribution is -2.71. The van der Waals surface area contributed by atoms with Crippen LogP contribution >= 0.6 is 34.9 Å². The summed E-state index contributed by atoms with van der Waals surface area (Å²) in [5, 5.41) is 23.3. The summed E-state index contributed by atoms with van der Waals surface area (Å²) < 4.78 is 5.75. The van der Waals surface area contributed by atoms with Crippen LogP contribution in [0.1, 0.15) is 12.5 Å². The fourth-order valence-electron chi connectivity index (χ4n) is 3.57. The van der Waals surface area contributed by atoms with Gasteiger partial charge in [-0.15, -0.1) is 22.0 Å². The number of carboxylic acid groups (broad SMARTS) is 1. The number of amides is 2. The number of nitrogens with zero attached hydrogens (tertiary/aromatic N) is 4. The third kappa shape index (κ3) is 5.37. The molecule has 3 heterocycles. The van der Waals surface area contributed by atoms with Gasteiger partial charge in [-0.3, -0.25) is 19.3 Å². The van der Waals surface area contributed by atoms with Gasteiger partial charge in [0.05, 0.1) is 0 Å². The standard InChI is InChI=1S/C21H19N5O7S3/c1-10(27)33-13-5-3-4-11(6-13)14(25-32-2)17(28)23-15-18(29)26-16(20(30)31)12(7-34-19(15)26)8-35-21-24-22-9-36-21/h3-6,9,15,19H,7-8H2,1-2H3,(H,23,28)(H,30,31)/t15?,19-/m0/s1. The van der Waals surface area contributed by atoms with Crippen molar-refractivity contribution in [2.45, 2.75) is 22.7 Å². The quantitative estimate of drug-likeness (QED) is 0.116. The van der Waals surface area contributed by atoms with Crippen LogP contribution in [0.3, 0.4) is 0 Å². The van der Waals surface area contributed by atoms with Crippen molar-refractivity contribution in [3.8, 4) is 5.75 Å². The second-order valence-corrected chi connectivity index (χ2v) is 10.5. The van der Waals surface area contributed by atoms with E-state index in [4.69, 9.17) is 9.57 Å². The second kappa shape index (κ2) is 11.1. The van der Waals surface area contributed by atoms with E-state index in [-0.39, 0.29) is 17.2 Å². The monoisotopic (exact) mass is 549 g/mol. The van der Waals surface area contributed by atoms with E-state index in [9.17, 15) is 24.3 Å². The first kappa shape index (κ1) is 25.7. The first-order valence-electron chi connectivity index (χ1n) is 10.3. The Labute approximate surface area is 217 Å². The predicted octanol–water partition coefficient (Wildman–Crippen LogP) is 1.34. The Hall–Kier alpha value is -3.43. The molecule has 4 rings (SSSR count). The highest BCUT2D eigenvalue weighted by Crippen LogP contribution is 2.41. The number of ether oxygens (including phenoxy) is 1. The summed E-state index contributed by atoms with van der Waals surface area (Å²) in [7, 11) is 1.27. The van der Waals surface area contributed by atoms with E-state index in [0.717, 1.165) is 0 Å². The number of oxime groups is 1. The molecule has 0 aliphatic carbocycles. The number of fused-ring (bicyclic) bond motifs is 1. The lowest BCUT2D eigenvalue weighted by molar-refractivity contribution is -0.150. The molecule has 0 spiro atoms. The lowest BCUT2D eigenvalue weighted by Gasteiger charge is -2.49. The van der Waals surface area contributed by atoms with E-state index in [2.05, 4.69) is 20.7 Å². The third-order valence-electron chi connectivity index (χ3n) is 5.01. The number of carbonyl (C=O) groups excluding carboxylic acids is 3. The van der Waals surface area contributed by atoms with Crippen molar-refractivity contribution in [1.82, 2.24) is 20.4 Å². The topological polar surface area (TPSA) is 160 Å². The Bertz CT molecular complexity index is 1260. The van der Waals surface area contributed by atoms with Crippen LogP contribution < -0.4 is 10.1 Å². The maximum Gasteiger partial charge on any atom is 0.352 e. The Morgan fingerprint density at radius 1 is 1.36 bits per heavy atom. The van der Waals surface area contributed by atoms with E-state index in [1.807, 2.05) is 0 Å². The van der Waals surface area contributed by atoms with E-state index in [1.54, 1.807) is 23.7 Å². The minimum absolute atomic E-state index is 0.0777. The molecule has 188 valence electrons. The molecule has 1 saturated heterocycles. The van der Waals surface area contributed by atoms with Gasteiger partial charge in [0, 0.05) is 24.0 Å². The number of benzene rings is 1. The van der Waals surface area contributed by atoms with Crippen LogP contribution in [0, 0.1) is 0 Å². The number of β-lactam (4-membered cyclic amide) rings is 1. The molecular weight excluding hydrogens is 530 g/mol. The number of nitrogens with one attached hydrogen (secondary N) is 1. The van der Waals surface area contributed by atoms with Crippen molar-refractivity contribution in [2.24, 2.45) is 5.16 Å². The number of esters is 1. The Balaban J connectivity index is 1.49. The molecule has 36 heavy (non-hydrogen) atoms. The molecule has 0 bridgehead atoms. The number of hydrogen-bond acceptors (Lipinski definition) is 12. The molecule has 2 aromatic rings. The van der Waals surface area contributed by atoms with Gasteiger partial charge in [0.25, 0.3) is 11.8 Å². The highest BCUT2D eigenvalue weighted by Gasteiger charge is 2.54. The van der Waals surface area contributed by atoms with Gasteiger partial charge in [-0.05, 0) is 17.7 Å². The van der Waals surface area contributed by atoms with Gasteiger partial charge in [-0.2, -0.15) is 0 Å². The van der Waals surface area contributed by atoms with Gasteiger partial charge in [0.15, 0.2) is 10.1 Å². The zero-order chi connectivity index (χ0) is 25.8. The number of hydrogen-bond donors (Lipinski definition) is 2. The first-order chi connectivity index (χ1) is 17.3. The minimum Gasteiger partial charge on any atom is -0.477 e. The van der Waals surface area contributed by atoms with Crippen LogP contribution in [0.5, 0.6) is 5.75 Å². The second-order valence-electron chi connectivity index (χ2n) is 7.36. The van der Waals surface area contributed by atoms with Gasteiger partial charge in [-0.1, -0.05) is 40.4 Å². The van der Waals surface area contributed by atoms with E-state index >= 15 is 0 Å². The molecule has 0 saturated carbocycles. The number of rotatable bonds is 9. The molecule has 1 unspecified atom stereocenters. The van der Waals surface area contributed by atoms with Crippen LogP contribution in [0.25, 0.3) is 0 Å². The van der Waals surface area contributed by atoms with Crippen LogP contribution in [-0.4, -0.2) is 79.7 Å².